The molecule has 39 heavy (non-hydrogen) atoms. The van der Waals surface area contributed by atoms with Crippen LogP contribution in [0.1, 0.15) is 36.1 Å². The Hall–Kier alpha value is -4.70. The average molecular weight is 517 g/mol. The van der Waals surface area contributed by atoms with E-state index in [1.807, 2.05) is 24.3 Å². The molecule has 0 aliphatic rings. The normalized spacial score (nSPS) is 10.6. The summed E-state index contributed by atoms with van der Waals surface area (Å²) in [6, 6.07) is 28.0. The molecule has 0 amide bonds. The zero-order valence-electron chi connectivity index (χ0n) is 22.8. The van der Waals surface area contributed by atoms with Gasteiger partial charge in [0, 0.05) is 11.1 Å². The Morgan fingerprint density at radius 2 is 0.949 bits per heavy atom. The van der Waals surface area contributed by atoms with Crippen LogP contribution in [-0.2, 0) is 16.0 Å². The van der Waals surface area contributed by atoms with Gasteiger partial charge in [-0.15, -0.1) is 0 Å². The third kappa shape index (κ3) is 6.79. The molecule has 0 bridgehead atoms. The molecule has 4 heteroatoms. The maximum atomic E-state index is 11.8. The van der Waals surface area contributed by atoms with Crippen LogP contribution in [0.4, 0.5) is 0 Å². The fourth-order valence-corrected chi connectivity index (χ4v) is 4.28. The highest BCUT2D eigenvalue weighted by molar-refractivity contribution is 5.89. The summed E-state index contributed by atoms with van der Waals surface area (Å²) in [5.41, 5.74) is 10.1. The summed E-state index contributed by atoms with van der Waals surface area (Å²) in [6.45, 7) is 14.8. The molecule has 0 atom stereocenters. The first kappa shape index (κ1) is 27.3. The Kier molecular flexibility index (Phi) is 8.26. The molecule has 0 radical (unpaired) electrons. The van der Waals surface area contributed by atoms with Crippen molar-refractivity contribution in [3.8, 4) is 33.8 Å². The molecule has 0 heterocycles. The van der Waals surface area contributed by atoms with Crippen molar-refractivity contribution in [1.82, 2.24) is 0 Å². The molecular formula is C35H32O4. The van der Waals surface area contributed by atoms with Crippen molar-refractivity contribution in [2.75, 3.05) is 0 Å². The molecule has 0 spiro atoms. The molecule has 0 fully saturated rings. The third-order valence-electron chi connectivity index (χ3n) is 6.52. The highest BCUT2D eigenvalue weighted by Crippen LogP contribution is 2.29. The van der Waals surface area contributed by atoms with Crippen molar-refractivity contribution >= 4 is 11.9 Å². The molecule has 0 saturated carbocycles. The first-order chi connectivity index (χ1) is 18.6. The second-order valence-corrected chi connectivity index (χ2v) is 9.85. The van der Waals surface area contributed by atoms with Crippen LogP contribution in [0.15, 0.2) is 109 Å². The first-order valence-electron chi connectivity index (χ1n) is 12.8. The van der Waals surface area contributed by atoms with Gasteiger partial charge in [0.2, 0.25) is 0 Å². The number of benzene rings is 4. The lowest BCUT2D eigenvalue weighted by atomic mass is 9.91. The number of rotatable bonds is 8. The van der Waals surface area contributed by atoms with Gasteiger partial charge in [0.05, 0.1) is 0 Å². The van der Waals surface area contributed by atoms with Crippen molar-refractivity contribution in [3.63, 3.8) is 0 Å². The van der Waals surface area contributed by atoms with Gasteiger partial charge in [0.1, 0.15) is 11.5 Å². The molecule has 4 rings (SSSR count). The average Bonchev–Trinajstić information content (AvgIpc) is 2.91. The monoisotopic (exact) mass is 516 g/mol. The van der Waals surface area contributed by atoms with E-state index in [-0.39, 0.29) is 0 Å². The quantitative estimate of drug-likeness (QED) is 0.135. The van der Waals surface area contributed by atoms with Gasteiger partial charge in [-0.25, -0.2) is 9.59 Å². The van der Waals surface area contributed by atoms with E-state index < -0.39 is 11.9 Å². The van der Waals surface area contributed by atoms with Gasteiger partial charge in [-0.1, -0.05) is 73.8 Å². The van der Waals surface area contributed by atoms with Crippen LogP contribution in [0.3, 0.4) is 0 Å². The number of hydrogen-bond donors (Lipinski definition) is 0. The van der Waals surface area contributed by atoms with Gasteiger partial charge >= 0.3 is 11.9 Å². The predicted molar refractivity (Wildman–Crippen MR) is 157 cm³/mol. The first-order valence-corrected chi connectivity index (χ1v) is 12.8. The van der Waals surface area contributed by atoms with E-state index in [4.69, 9.17) is 9.47 Å². The predicted octanol–water partition coefficient (Wildman–Crippen LogP) is 8.19. The Bertz CT molecular complexity index is 1520. The molecule has 0 unspecified atom stereocenters. The van der Waals surface area contributed by atoms with E-state index in [1.54, 1.807) is 38.1 Å². The van der Waals surface area contributed by atoms with E-state index in [0.717, 1.165) is 28.7 Å². The maximum absolute atomic E-state index is 11.8. The van der Waals surface area contributed by atoms with E-state index >= 15 is 0 Å². The van der Waals surface area contributed by atoms with Crippen LogP contribution in [-0.4, -0.2) is 11.9 Å². The largest absolute Gasteiger partial charge is 0.423 e. The molecular weight excluding hydrogens is 484 g/mol. The molecule has 0 saturated heterocycles. The number of ether oxygens (including phenoxy) is 2. The molecule has 0 aromatic heterocycles. The van der Waals surface area contributed by atoms with Gasteiger partial charge in [-0.2, -0.15) is 0 Å². The van der Waals surface area contributed by atoms with Crippen molar-refractivity contribution in [2.24, 2.45) is 0 Å². The lowest BCUT2D eigenvalue weighted by Crippen LogP contribution is -2.07. The molecule has 0 aliphatic heterocycles. The summed E-state index contributed by atoms with van der Waals surface area (Å²) in [6.07, 6.45) is 0.837. The highest BCUT2D eigenvalue weighted by Gasteiger charge is 2.11. The molecule has 4 nitrogen and oxygen atoms in total. The summed E-state index contributed by atoms with van der Waals surface area (Å²) in [7, 11) is 0. The van der Waals surface area contributed by atoms with Crippen molar-refractivity contribution in [1.29, 1.82) is 0 Å². The van der Waals surface area contributed by atoms with Crippen molar-refractivity contribution in [3.05, 3.63) is 131 Å². The van der Waals surface area contributed by atoms with Gasteiger partial charge in [-0.3, -0.25) is 0 Å². The standard InChI is InChI=1S/C35H32O4/c1-22(2)34(36)38-31-15-11-28(12-16-31)27-9-7-26(8-10-27)21-33-24(5)19-30(20-25(33)6)29-13-17-32(18-14-29)39-35(37)23(3)4/h7-20H,1,3,21H2,2,4-6H3. The summed E-state index contributed by atoms with van der Waals surface area (Å²) >= 11 is 0. The minimum atomic E-state index is -0.426. The highest BCUT2D eigenvalue weighted by atomic mass is 16.5. The fraction of sp³-hybridized carbons (Fsp3) is 0.143. The minimum Gasteiger partial charge on any atom is -0.423 e. The third-order valence-corrected chi connectivity index (χ3v) is 6.52. The lowest BCUT2D eigenvalue weighted by Gasteiger charge is -2.14. The van der Waals surface area contributed by atoms with E-state index in [9.17, 15) is 9.59 Å². The zero-order chi connectivity index (χ0) is 28.1. The van der Waals surface area contributed by atoms with Gasteiger partial charge in [0.15, 0.2) is 0 Å². The molecule has 0 aliphatic carbocycles. The number of carbonyl (C=O) groups is 2. The Morgan fingerprint density at radius 3 is 1.33 bits per heavy atom. The van der Waals surface area contributed by atoms with E-state index in [0.29, 0.717) is 22.6 Å². The molecule has 0 N–H and O–H groups in total. The number of hydrogen-bond acceptors (Lipinski definition) is 4. The number of esters is 2. The topological polar surface area (TPSA) is 52.6 Å². The van der Waals surface area contributed by atoms with Crippen LogP contribution in [0.25, 0.3) is 22.3 Å². The van der Waals surface area contributed by atoms with Crippen LogP contribution in [0.5, 0.6) is 11.5 Å². The second kappa shape index (κ2) is 11.8. The second-order valence-electron chi connectivity index (χ2n) is 9.85. The molecule has 196 valence electrons. The van der Waals surface area contributed by atoms with E-state index in [1.165, 1.54) is 22.3 Å². The number of carbonyl (C=O) groups excluding carboxylic acids is 2. The van der Waals surface area contributed by atoms with Gasteiger partial charge < -0.3 is 9.47 Å². The number of aryl methyl sites for hydroxylation is 2. The summed E-state index contributed by atoms with van der Waals surface area (Å²) in [5.74, 6) is 0.152. The van der Waals surface area contributed by atoms with Crippen LogP contribution in [0, 0.1) is 13.8 Å². The van der Waals surface area contributed by atoms with Crippen molar-refractivity contribution in [2.45, 2.75) is 34.1 Å². The van der Waals surface area contributed by atoms with Crippen LogP contribution >= 0.6 is 0 Å². The van der Waals surface area contributed by atoms with E-state index in [2.05, 4.69) is 63.4 Å². The van der Waals surface area contributed by atoms with Crippen molar-refractivity contribution < 1.29 is 19.1 Å². The fourth-order valence-electron chi connectivity index (χ4n) is 4.28. The maximum Gasteiger partial charge on any atom is 0.338 e. The summed E-state index contributed by atoms with van der Waals surface area (Å²) < 4.78 is 10.6. The van der Waals surface area contributed by atoms with Gasteiger partial charge in [-0.05, 0) is 103 Å². The van der Waals surface area contributed by atoms with Crippen LogP contribution < -0.4 is 9.47 Å². The smallest absolute Gasteiger partial charge is 0.338 e. The zero-order valence-corrected chi connectivity index (χ0v) is 22.8. The lowest BCUT2D eigenvalue weighted by molar-refractivity contribution is -0.130. The van der Waals surface area contributed by atoms with Gasteiger partial charge in [0.25, 0.3) is 0 Å². The summed E-state index contributed by atoms with van der Waals surface area (Å²) in [4.78, 5) is 23.5. The SMILES string of the molecule is C=C(C)C(=O)Oc1ccc(-c2ccc(Cc3c(C)cc(-c4ccc(OC(=O)C(=C)C)cc4)cc3C)cc2)cc1. The summed E-state index contributed by atoms with van der Waals surface area (Å²) in [5, 5.41) is 0. The Labute approximate surface area is 230 Å². The Balaban J connectivity index is 1.45. The minimum absolute atomic E-state index is 0.368. The Morgan fingerprint density at radius 1 is 0.590 bits per heavy atom. The molecule has 4 aromatic rings. The molecule has 4 aromatic carbocycles. The van der Waals surface area contributed by atoms with Crippen LogP contribution in [0.2, 0.25) is 0 Å².